The molecule has 2 heterocycles. The van der Waals surface area contributed by atoms with Gasteiger partial charge in [0, 0.05) is 19.2 Å². The Kier molecular flexibility index (Phi) is 3.08. The number of piperidine rings is 1. The van der Waals surface area contributed by atoms with Crippen molar-refractivity contribution in [2.75, 3.05) is 20.1 Å². The molecular formula is C15H20N2O. The first-order valence-corrected chi connectivity index (χ1v) is 6.82. The Morgan fingerprint density at radius 2 is 2.11 bits per heavy atom. The molecule has 3 heteroatoms. The zero-order valence-electron chi connectivity index (χ0n) is 10.9. The Bertz CT molecular complexity index is 464. The number of amides is 1. The molecule has 1 N–H and O–H groups in total. The van der Waals surface area contributed by atoms with E-state index in [0.29, 0.717) is 0 Å². The molecular weight excluding hydrogens is 224 g/mol. The van der Waals surface area contributed by atoms with Crippen LogP contribution in [0.25, 0.3) is 0 Å². The molecule has 0 atom stereocenters. The van der Waals surface area contributed by atoms with E-state index in [2.05, 4.69) is 23.5 Å². The molecule has 3 rings (SSSR count). The van der Waals surface area contributed by atoms with E-state index in [1.54, 1.807) is 4.90 Å². The number of hydrogen-bond acceptors (Lipinski definition) is 2. The van der Waals surface area contributed by atoms with Crippen LogP contribution in [-0.2, 0) is 13.0 Å². The van der Waals surface area contributed by atoms with Crippen LogP contribution in [0.3, 0.4) is 0 Å². The maximum atomic E-state index is 12.0. The van der Waals surface area contributed by atoms with Crippen LogP contribution in [0.4, 0.5) is 0 Å². The monoisotopic (exact) mass is 244 g/mol. The van der Waals surface area contributed by atoms with Gasteiger partial charge in [0.25, 0.3) is 5.91 Å². The van der Waals surface area contributed by atoms with E-state index in [4.69, 9.17) is 0 Å². The first-order chi connectivity index (χ1) is 8.74. The van der Waals surface area contributed by atoms with Crippen molar-refractivity contribution in [3.8, 4) is 0 Å². The maximum absolute atomic E-state index is 12.0. The fourth-order valence-electron chi connectivity index (χ4n) is 3.04. The van der Waals surface area contributed by atoms with Crippen LogP contribution in [0.5, 0.6) is 0 Å². The Labute approximate surface area is 108 Å². The Morgan fingerprint density at radius 3 is 2.89 bits per heavy atom. The normalized spacial score (nSPS) is 20.3. The van der Waals surface area contributed by atoms with Gasteiger partial charge < -0.3 is 10.2 Å². The second-order valence-corrected chi connectivity index (χ2v) is 5.55. The van der Waals surface area contributed by atoms with Crippen molar-refractivity contribution in [2.45, 2.75) is 25.8 Å². The van der Waals surface area contributed by atoms with Crippen molar-refractivity contribution in [3.05, 3.63) is 34.9 Å². The molecule has 0 bridgehead atoms. The second-order valence-electron chi connectivity index (χ2n) is 5.55. The van der Waals surface area contributed by atoms with Crippen molar-refractivity contribution in [2.24, 2.45) is 5.92 Å². The van der Waals surface area contributed by atoms with Crippen LogP contribution >= 0.6 is 0 Å². The van der Waals surface area contributed by atoms with Gasteiger partial charge in [0.2, 0.25) is 0 Å². The number of fused-ring (bicyclic) bond motifs is 1. The number of nitrogens with one attached hydrogen (secondary N) is 1. The number of carbonyl (C=O) groups excluding carboxylic acids is 1. The predicted molar refractivity (Wildman–Crippen MR) is 71.5 cm³/mol. The lowest BCUT2D eigenvalue weighted by atomic mass is 9.90. The van der Waals surface area contributed by atoms with Gasteiger partial charge in [-0.1, -0.05) is 12.1 Å². The standard InChI is InChI=1S/C15H20N2O/c1-17-10-13-3-2-12(9-14(13)15(17)18)8-11-4-6-16-7-5-11/h2-3,9,11,16H,4-8,10H2,1H3. The zero-order valence-corrected chi connectivity index (χ0v) is 10.9. The molecule has 3 nitrogen and oxygen atoms in total. The lowest BCUT2D eigenvalue weighted by Gasteiger charge is -2.22. The molecule has 1 amide bonds. The van der Waals surface area contributed by atoms with Crippen molar-refractivity contribution < 1.29 is 4.79 Å². The molecule has 1 aromatic carbocycles. The summed E-state index contributed by atoms with van der Waals surface area (Å²) in [6.07, 6.45) is 3.63. The van der Waals surface area contributed by atoms with Crippen LogP contribution < -0.4 is 5.32 Å². The molecule has 18 heavy (non-hydrogen) atoms. The maximum Gasteiger partial charge on any atom is 0.254 e. The third-order valence-corrected chi connectivity index (χ3v) is 4.14. The topological polar surface area (TPSA) is 32.3 Å². The molecule has 0 unspecified atom stereocenters. The highest BCUT2D eigenvalue weighted by Gasteiger charge is 2.24. The first-order valence-electron chi connectivity index (χ1n) is 6.82. The van der Waals surface area contributed by atoms with Gasteiger partial charge in [-0.3, -0.25) is 4.79 Å². The van der Waals surface area contributed by atoms with E-state index in [1.807, 2.05) is 7.05 Å². The molecule has 2 aliphatic heterocycles. The van der Waals surface area contributed by atoms with E-state index in [9.17, 15) is 4.79 Å². The Morgan fingerprint density at radius 1 is 1.33 bits per heavy atom. The number of carbonyl (C=O) groups is 1. The van der Waals surface area contributed by atoms with Gasteiger partial charge in [-0.2, -0.15) is 0 Å². The minimum Gasteiger partial charge on any atom is -0.337 e. The third-order valence-electron chi connectivity index (χ3n) is 4.14. The Balaban J connectivity index is 1.76. The lowest BCUT2D eigenvalue weighted by molar-refractivity contribution is 0.0816. The van der Waals surface area contributed by atoms with E-state index in [0.717, 1.165) is 37.5 Å². The molecule has 0 saturated carbocycles. The van der Waals surface area contributed by atoms with Crippen LogP contribution in [-0.4, -0.2) is 30.9 Å². The summed E-state index contributed by atoms with van der Waals surface area (Å²) in [5.74, 6) is 0.954. The third kappa shape index (κ3) is 2.15. The van der Waals surface area contributed by atoms with Gasteiger partial charge in [-0.25, -0.2) is 0 Å². The van der Waals surface area contributed by atoms with Crippen LogP contribution in [0.1, 0.15) is 34.3 Å². The highest BCUT2D eigenvalue weighted by molar-refractivity contribution is 5.98. The highest BCUT2D eigenvalue weighted by Crippen LogP contribution is 2.25. The summed E-state index contributed by atoms with van der Waals surface area (Å²) in [5.41, 5.74) is 3.42. The first kappa shape index (κ1) is 11.7. The zero-order chi connectivity index (χ0) is 12.5. The summed E-state index contributed by atoms with van der Waals surface area (Å²) in [5, 5.41) is 3.39. The summed E-state index contributed by atoms with van der Waals surface area (Å²) < 4.78 is 0. The lowest BCUT2D eigenvalue weighted by Crippen LogP contribution is -2.28. The largest absolute Gasteiger partial charge is 0.337 e. The molecule has 0 radical (unpaired) electrons. The number of rotatable bonds is 2. The molecule has 96 valence electrons. The number of hydrogen-bond donors (Lipinski definition) is 1. The van der Waals surface area contributed by atoms with Gasteiger partial charge in [-0.05, 0) is 55.5 Å². The fraction of sp³-hybridized carbons (Fsp3) is 0.533. The molecule has 2 aliphatic rings. The molecule has 0 spiro atoms. The van der Waals surface area contributed by atoms with Gasteiger partial charge >= 0.3 is 0 Å². The van der Waals surface area contributed by atoms with Gasteiger partial charge in [0.15, 0.2) is 0 Å². The average Bonchev–Trinajstić information content (AvgIpc) is 2.67. The van der Waals surface area contributed by atoms with Crippen molar-refractivity contribution in [3.63, 3.8) is 0 Å². The van der Waals surface area contributed by atoms with E-state index in [-0.39, 0.29) is 5.91 Å². The van der Waals surface area contributed by atoms with Gasteiger partial charge in [0.1, 0.15) is 0 Å². The molecule has 1 fully saturated rings. The van der Waals surface area contributed by atoms with E-state index < -0.39 is 0 Å². The van der Waals surface area contributed by atoms with Crippen LogP contribution in [0.15, 0.2) is 18.2 Å². The minimum atomic E-state index is 0.178. The van der Waals surface area contributed by atoms with Crippen molar-refractivity contribution in [1.29, 1.82) is 0 Å². The fourth-order valence-corrected chi connectivity index (χ4v) is 3.04. The number of benzene rings is 1. The SMILES string of the molecule is CN1Cc2ccc(CC3CCNCC3)cc2C1=O. The molecule has 0 aromatic heterocycles. The summed E-state index contributed by atoms with van der Waals surface area (Å²) in [7, 11) is 1.87. The molecule has 0 aliphatic carbocycles. The van der Waals surface area contributed by atoms with Crippen LogP contribution in [0, 0.1) is 5.92 Å². The van der Waals surface area contributed by atoms with E-state index in [1.165, 1.54) is 24.0 Å². The van der Waals surface area contributed by atoms with Crippen molar-refractivity contribution in [1.82, 2.24) is 10.2 Å². The quantitative estimate of drug-likeness (QED) is 0.860. The Hall–Kier alpha value is -1.35. The number of nitrogens with zero attached hydrogens (tertiary/aromatic N) is 1. The van der Waals surface area contributed by atoms with Gasteiger partial charge in [0.05, 0.1) is 0 Å². The molecule has 1 saturated heterocycles. The average molecular weight is 244 g/mol. The summed E-state index contributed by atoms with van der Waals surface area (Å²) in [6, 6.07) is 6.45. The second kappa shape index (κ2) is 4.73. The van der Waals surface area contributed by atoms with Crippen LogP contribution in [0.2, 0.25) is 0 Å². The minimum absolute atomic E-state index is 0.178. The summed E-state index contributed by atoms with van der Waals surface area (Å²) in [6.45, 7) is 3.04. The molecule has 1 aromatic rings. The summed E-state index contributed by atoms with van der Waals surface area (Å²) >= 11 is 0. The highest BCUT2D eigenvalue weighted by atomic mass is 16.2. The van der Waals surface area contributed by atoms with Crippen molar-refractivity contribution >= 4 is 5.91 Å². The van der Waals surface area contributed by atoms with E-state index >= 15 is 0 Å². The summed E-state index contributed by atoms with van der Waals surface area (Å²) in [4.78, 5) is 13.7. The predicted octanol–water partition coefficient (Wildman–Crippen LogP) is 1.81. The van der Waals surface area contributed by atoms with Gasteiger partial charge in [-0.15, -0.1) is 0 Å². The smallest absolute Gasteiger partial charge is 0.254 e.